The second kappa shape index (κ2) is 5.30. The molecule has 0 aliphatic carbocycles. The van der Waals surface area contributed by atoms with Crippen molar-refractivity contribution < 1.29 is 0 Å². The van der Waals surface area contributed by atoms with Crippen LogP contribution in [0.15, 0.2) is 36.4 Å². The van der Waals surface area contributed by atoms with E-state index in [4.69, 9.17) is 11.6 Å². The van der Waals surface area contributed by atoms with Crippen LogP contribution >= 0.6 is 34.2 Å². The van der Waals surface area contributed by atoms with Crippen LogP contribution in [0.5, 0.6) is 0 Å². The Bertz CT molecular complexity index is 815. The van der Waals surface area contributed by atoms with Crippen LogP contribution in [0.3, 0.4) is 0 Å². The van der Waals surface area contributed by atoms with Gasteiger partial charge < -0.3 is 0 Å². The van der Waals surface area contributed by atoms with Crippen LogP contribution in [-0.2, 0) is 0 Å². The molecule has 1 aromatic heterocycles. The van der Waals surface area contributed by atoms with Crippen molar-refractivity contribution >= 4 is 45.1 Å². The number of fused-ring (bicyclic) bond motifs is 1. The Hall–Kier alpha value is -1.20. The molecule has 0 amide bonds. The van der Waals surface area contributed by atoms with E-state index < -0.39 is 0 Å². The smallest absolute Gasteiger partial charge is 0.161 e. The quantitative estimate of drug-likeness (QED) is 0.420. The highest BCUT2D eigenvalue weighted by Gasteiger charge is 2.11. The predicted molar refractivity (Wildman–Crippen MR) is 92.2 cm³/mol. The Morgan fingerprint density at radius 3 is 2.65 bits per heavy atom. The van der Waals surface area contributed by atoms with E-state index in [2.05, 4.69) is 52.5 Å². The molecule has 20 heavy (non-hydrogen) atoms. The number of rotatable bonds is 1. The van der Waals surface area contributed by atoms with Gasteiger partial charge in [0.1, 0.15) is 5.15 Å². The molecule has 0 spiro atoms. The average Bonchev–Trinajstić information content (AvgIpc) is 2.42. The monoisotopic (exact) mass is 394 g/mol. The Morgan fingerprint density at radius 2 is 1.85 bits per heavy atom. The third-order valence-corrected chi connectivity index (χ3v) is 4.42. The molecule has 2 aromatic carbocycles. The van der Waals surface area contributed by atoms with Gasteiger partial charge >= 0.3 is 0 Å². The molecule has 0 bridgehead atoms. The molecule has 0 aliphatic rings. The number of benzene rings is 2. The molecule has 0 N–H and O–H groups in total. The van der Waals surface area contributed by atoms with Crippen LogP contribution in [0.25, 0.3) is 22.3 Å². The summed E-state index contributed by atoms with van der Waals surface area (Å²) in [7, 11) is 0. The van der Waals surface area contributed by atoms with Crippen molar-refractivity contribution in [3.8, 4) is 11.4 Å². The predicted octanol–water partition coefficient (Wildman–Crippen LogP) is 5.17. The topological polar surface area (TPSA) is 25.8 Å². The van der Waals surface area contributed by atoms with Gasteiger partial charge in [-0.15, -0.1) is 0 Å². The van der Waals surface area contributed by atoms with E-state index >= 15 is 0 Å². The highest BCUT2D eigenvalue weighted by molar-refractivity contribution is 14.1. The van der Waals surface area contributed by atoms with Crippen LogP contribution < -0.4 is 0 Å². The molecule has 0 radical (unpaired) electrons. The molecule has 0 unspecified atom stereocenters. The summed E-state index contributed by atoms with van der Waals surface area (Å²) in [4.78, 5) is 9.12. The number of hydrogen-bond donors (Lipinski definition) is 0. The van der Waals surface area contributed by atoms with E-state index in [1.54, 1.807) is 0 Å². The minimum atomic E-state index is 0.504. The lowest BCUT2D eigenvalue weighted by Gasteiger charge is -2.09. The zero-order valence-electron chi connectivity index (χ0n) is 11.1. The zero-order chi connectivity index (χ0) is 14.3. The Balaban J connectivity index is 2.28. The van der Waals surface area contributed by atoms with Gasteiger partial charge in [0.25, 0.3) is 0 Å². The maximum Gasteiger partial charge on any atom is 0.161 e. The molecule has 2 nitrogen and oxygen atoms in total. The SMILES string of the molecule is Cc1cccc(-c2nc(Cl)c3cc(I)ccc3n2)c1C. The lowest BCUT2D eigenvalue weighted by Crippen LogP contribution is -1.95. The summed E-state index contributed by atoms with van der Waals surface area (Å²) in [6.45, 7) is 4.17. The first-order chi connectivity index (χ1) is 9.56. The van der Waals surface area contributed by atoms with E-state index in [0.29, 0.717) is 11.0 Å². The molecule has 3 aromatic rings. The first kappa shape index (κ1) is 13.8. The van der Waals surface area contributed by atoms with E-state index in [0.717, 1.165) is 20.0 Å². The molecule has 4 heteroatoms. The molecule has 100 valence electrons. The van der Waals surface area contributed by atoms with Crippen LogP contribution in [0.2, 0.25) is 5.15 Å². The molecule has 0 atom stereocenters. The summed E-state index contributed by atoms with van der Waals surface area (Å²) in [5, 5.41) is 1.40. The molecular weight excluding hydrogens is 383 g/mol. The van der Waals surface area contributed by atoms with Gasteiger partial charge in [-0.2, -0.15) is 0 Å². The zero-order valence-corrected chi connectivity index (χ0v) is 14.0. The standard InChI is InChI=1S/C16H12ClIN2/c1-9-4-3-5-12(10(9)2)16-19-14-7-6-11(18)8-13(14)15(17)20-16/h3-8H,1-2H3. The van der Waals surface area contributed by atoms with Crippen LogP contribution in [0, 0.1) is 17.4 Å². The van der Waals surface area contributed by atoms with E-state index in [-0.39, 0.29) is 0 Å². The summed E-state index contributed by atoms with van der Waals surface area (Å²) in [5.74, 6) is 0.685. The van der Waals surface area contributed by atoms with Gasteiger partial charge in [-0.1, -0.05) is 29.8 Å². The normalized spacial score (nSPS) is 11.0. The molecular formula is C16H12ClIN2. The van der Waals surface area contributed by atoms with Crippen molar-refractivity contribution in [3.05, 3.63) is 56.2 Å². The number of halogens is 2. The van der Waals surface area contributed by atoms with E-state index in [1.165, 1.54) is 11.1 Å². The Kier molecular flexibility index (Phi) is 3.65. The van der Waals surface area contributed by atoms with Crippen LogP contribution in [0.4, 0.5) is 0 Å². The summed E-state index contributed by atoms with van der Waals surface area (Å²) >= 11 is 8.58. The van der Waals surface area contributed by atoms with Crippen molar-refractivity contribution in [2.75, 3.05) is 0 Å². The molecule has 0 saturated heterocycles. The average molecular weight is 395 g/mol. The third-order valence-electron chi connectivity index (χ3n) is 3.46. The molecule has 0 aliphatic heterocycles. The number of aryl methyl sites for hydroxylation is 1. The van der Waals surface area contributed by atoms with Crippen molar-refractivity contribution in [1.29, 1.82) is 0 Å². The van der Waals surface area contributed by atoms with Gasteiger partial charge in [0, 0.05) is 14.5 Å². The third kappa shape index (κ3) is 2.40. The van der Waals surface area contributed by atoms with Gasteiger partial charge in [0.15, 0.2) is 5.82 Å². The maximum atomic E-state index is 6.32. The van der Waals surface area contributed by atoms with Crippen molar-refractivity contribution in [1.82, 2.24) is 9.97 Å². The van der Waals surface area contributed by atoms with Gasteiger partial charge in [0.05, 0.1) is 5.52 Å². The highest BCUT2D eigenvalue weighted by atomic mass is 127. The number of hydrogen-bond acceptors (Lipinski definition) is 2. The number of aromatic nitrogens is 2. The van der Waals surface area contributed by atoms with Crippen molar-refractivity contribution in [3.63, 3.8) is 0 Å². The van der Waals surface area contributed by atoms with Gasteiger partial charge in [0.2, 0.25) is 0 Å². The minimum absolute atomic E-state index is 0.504. The fourth-order valence-corrected chi connectivity index (χ4v) is 2.90. The van der Waals surface area contributed by atoms with Crippen molar-refractivity contribution in [2.45, 2.75) is 13.8 Å². The lowest BCUT2D eigenvalue weighted by molar-refractivity contribution is 1.20. The summed E-state index contributed by atoms with van der Waals surface area (Å²) in [6, 6.07) is 12.2. The largest absolute Gasteiger partial charge is 0.228 e. The highest BCUT2D eigenvalue weighted by Crippen LogP contribution is 2.28. The minimum Gasteiger partial charge on any atom is -0.228 e. The Morgan fingerprint density at radius 1 is 1.05 bits per heavy atom. The van der Waals surface area contributed by atoms with Crippen molar-refractivity contribution in [2.24, 2.45) is 0 Å². The summed E-state index contributed by atoms with van der Waals surface area (Å²) < 4.78 is 1.13. The molecule has 0 saturated carbocycles. The van der Waals surface area contributed by atoms with Gasteiger partial charge in [-0.05, 0) is 65.8 Å². The first-order valence-electron chi connectivity index (χ1n) is 6.25. The summed E-state index contributed by atoms with van der Waals surface area (Å²) in [6.07, 6.45) is 0. The lowest BCUT2D eigenvalue weighted by atomic mass is 10.0. The van der Waals surface area contributed by atoms with E-state index in [9.17, 15) is 0 Å². The first-order valence-corrected chi connectivity index (χ1v) is 7.71. The molecule has 1 heterocycles. The molecule has 3 rings (SSSR count). The second-order valence-electron chi connectivity index (χ2n) is 4.75. The van der Waals surface area contributed by atoms with Gasteiger partial charge in [-0.25, -0.2) is 9.97 Å². The van der Waals surface area contributed by atoms with E-state index in [1.807, 2.05) is 30.3 Å². The second-order valence-corrected chi connectivity index (χ2v) is 6.35. The number of nitrogens with zero attached hydrogens (tertiary/aromatic N) is 2. The fourth-order valence-electron chi connectivity index (χ4n) is 2.18. The Labute approximate surface area is 136 Å². The van der Waals surface area contributed by atoms with Crippen LogP contribution in [-0.4, -0.2) is 9.97 Å². The van der Waals surface area contributed by atoms with Crippen LogP contribution in [0.1, 0.15) is 11.1 Å². The molecule has 0 fully saturated rings. The maximum absolute atomic E-state index is 6.32. The summed E-state index contributed by atoms with van der Waals surface area (Å²) in [5.41, 5.74) is 4.33. The van der Waals surface area contributed by atoms with Gasteiger partial charge in [-0.3, -0.25) is 0 Å². The fraction of sp³-hybridized carbons (Fsp3) is 0.125.